The second kappa shape index (κ2) is 10.9. The molecule has 0 amide bonds. The summed E-state index contributed by atoms with van der Waals surface area (Å²) in [5.41, 5.74) is 6.98. The summed E-state index contributed by atoms with van der Waals surface area (Å²) >= 11 is 9.64. The van der Waals surface area contributed by atoms with Gasteiger partial charge in [0.05, 0.1) is 32.0 Å². The minimum absolute atomic E-state index is 0.0515. The Balaban J connectivity index is 1.10. The summed E-state index contributed by atoms with van der Waals surface area (Å²) in [5, 5.41) is 0. The first-order valence-electron chi connectivity index (χ1n) is 14.0. The average molecular weight is 709 g/mol. The summed E-state index contributed by atoms with van der Waals surface area (Å²) in [4.78, 5) is 48.2. The maximum absolute atomic E-state index is 13.7. The SMILES string of the molecule is C=C1OP(O)(=S)OC[C@@H]2C[C@@H](OP(=O)(S)OC[C@H]3C[C@@H](n4cnc5c(N)ncnc54)[C@H]13)[C@H](n1cnc3c(=O)n4ccnc4[nH]c31)O2. The lowest BCUT2D eigenvalue weighted by Crippen LogP contribution is -2.42. The van der Waals surface area contributed by atoms with E-state index in [4.69, 9.17) is 40.4 Å². The average Bonchev–Trinajstić information content (AvgIpc) is 3.77. The maximum Gasteiger partial charge on any atom is 0.386 e. The molecule has 4 N–H and O–H groups in total. The van der Waals surface area contributed by atoms with Crippen LogP contribution in [-0.4, -0.2) is 73.8 Å². The fraction of sp³-hybridized carbons (Fsp3) is 0.417. The van der Waals surface area contributed by atoms with Gasteiger partial charge in [0.2, 0.25) is 5.78 Å². The number of allylic oxidation sites excluding steroid dienone is 1. The van der Waals surface area contributed by atoms with E-state index in [1.165, 1.54) is 29.4 Å². The lowest BCUT2D eigenvalue weighted by Gasteiger charge is -2.46. The van der Waals surface area contributed by atoms with Crippen LogP contribution in [0.1, 0.15) is 25.1 Å². The number of rotatable bonds is 2. The van der Waals surface area contributed by atoms with Crippen molar-refractivity contribution in [2.24, 2.45) is 11.8 Å². The molecule has 2 saturated heterocycles. The molecule has 1 saturated carbocycles. The van der Waals surface area contributed by atoms with Crippen molar-refractivity contribution in [2.75, 3.05) is 18.9 Å². The zero-order valence-corrected chi connectivity index (χ0v) is 27.1. The van der Waals surface area contributed by atoms with Gasteiger partial charge >= 0.3 is 13.5 Å². The molecule has 3 aliphatic rings. The van der Waals surface area contributed by atoms with Crippen LogP contribution in [0.2, 0.25) is 0 Å². The molecule has 2 aliphatic heterocycles. The van der Waals surface area contributed by atoms with Crippen LogP contribution in [0, 0.1) is 11.8 Å². The Kier molecular flexibility index (Phi) is 7.17. The molecule has 1 aliphatic carbocycles. The van der Waals surface area contributed by atoms with Gasteiger partial charge in [-0.05, 0) is 12.3 Å². The number of thiol groups is 1. The number of nitrogens with one attached hydrogen (secondary N) is 1. The van der Waals surface area contributed by atoms with Crippen molar-refractivity contribution >= 4 is 71.5 Å². The fourth-order valence-electron chi connectivity index (χ4n) is 6.35. The van der Waals surface area contributed by atoms with Gasteiger partial charge in [-0.25, -0.2) is 33.9 Å². The zero-order valence-electron chi connectivity index (χ0n) is 23.6. The first kappa shape index (κ1) is 30.2. The highest BCUT2D eigenvalue weighted by atomic mass is 32.7. The highest BCUT2D eigenvalue weighted by molar-refractivity contribution is 8.44. The molecule has 2 bridgehead atoms. The van der Waals surface area contributed by atoms with Crippen LogP contribution in [-0.2, 0) is 39.2 Å². The molecule has 18 nitrogen and oxygen atoms in total. The summed E-state index contributed by atoms with van der Waals surface area (Å²) in [6.45, 7) is -4.03. The second-order valence-corrected chi connectivity index (χ2v) is 16.8. The Morgan fingerprint density at radius 1 is 1.11 bits per heavy atom. The topological polar surface area (TPSA) is 221 Å². The van der Waals surface area contributed by atoms with E-state index in [-0.39, 0.29) is 54.2 Å². The van der Waals surface area contributed by atoms with Crippen LogP contribution in [0.4, 0.5) is 5.82 Å². The molecular formula is C24H26N10O8P2S2. The van der Waals surface area contributed by atoms with Crippen LogP contribution in [0.15, 0.2) is 48.5 Å². The van der Waals surface area contributed by atoms with E-state index in [0.29, 0.717) is 29.0 Å². The molecule has 3 fully saturated rings. The number of anilines is 1. The van der Waals surface area contributed by atoms with Crippen molar-refractivity contribution in [2.45, 2.75) is 37.3 Å². The summed E-state index contributed by atoms with van der Waals surface area (Å²) in [6.07, 6.45) is 5.46. The van der Waals surface area contributed by atoms with Gasteiger partial charge in [-0.2, -0.15) is 0 Å². The van der Waals surface area contributed by atoms with Gasteiger partial charge < -0.3 is 34.0 Å². The Bertz CT molecular complexity index is 2190. The number of imidazole rings is 3. The minimum atomic E-state index is -3.99. The molecule has 5 aromatic heterocycles. The molecule has 46 heavy (non-hydrogen) atoms. The predicted molar refractivity (Wildman–Crippen MR) is 168 cm³/mol. The number of aromatic amines is 1. The van der Waals surface area contributed by atoms with Gasteiger partial charge in [-0.3, -0.25) is 18.4 Å². The van der Waals surface area contributed by atoms with Crippen molar-refractivity contribution in [1.82, 2.24) is 43.4 Å². The number of nitrogen functional groups attached to an aromatic ring is 1. The lowest BCUT2D eigenvalue weighted by atomic mass is 9.68. The molecule has 0 aromatic carbocycles. The predicted octanol–water partition coefficient (Wildman–Crippen LogP) is 2.48. The third-order valence-corrected chi connectivity index (χ3v) is 11.6. The van der Waals surface area contributed by atoms with Gasteiger partial charge in [-0.1, -0.05) is 18.8 Å². The smallest absolute Gasteiger partial charge is 0.386 e. The van der Waals surface area contributed by atoms with Crippen molar-refractivity contribution < 1.29 is 32.3 Å². The first-order chi connectivity index (χ1) is 22.0. The number of H-pyrrole nitrogens is 1. The molecule has 0 spiro atoms. The van der Waals surface area contributed by atoms with Crippen LogP contribution in [0.5, 0.6) is 0 Å². The molecule has 0 radical (unpaired) electrons. The number of nitrogens with two attached hydrogens (primary N) is 1. The largest absolute Gasteiger partial charge is 0.429 e. The molecule has 7 heterocycles. The van der Waals surface area contributed by atoms with Gasteiger partial charge in [0.15, 0.2) is 23.2 Å². The van der Waals surface area contributed by atoms with E-state index >= 15 is 0 Å². The van der Waals surface area contributed by atoms with E-state index in [1.807, 2.05) is 4.57 Å². The molecular weight excluding hydrogens is 682 g/mol. The van der Waals surface area contributed by atoms with Gasteiger partial charge in [0.25, 0.3) is 5.56 Å². The van der Waals surface area contributed by atoms with Gasteiger partial charge in [0, 0.05) is 42.6 Å². The summed E-state index contributed by atoms with van der Waals surface area (Å²) in [5.74, 6) is -0.0795. The molecule has 242 valence electrons. The fourth-order valence-corrected chi connectivity index (χ4v) is 9.18. The minimum Gasteiger partial charge on any atom is -0.429 e. The third-order valence-electron chi connectivity index (χ3n) is 8.46. The van der Waals surface area contributed by atoms with Crippen molar-refractivity contribution in [3.8, 4) is 0 Å². The van der Waals surface area contributed by atoms with Crippen molar-refractivity contribution in [3.63, 3.8) is 0 Å². The quantitative estimate of drug-likeness (QED) is 0.153. The monoisotopic (exact) mass is 708 g/mol. The zero-order chi connectivity index (χ0) is 32.0. The Morgan fingerprint density at radius 3 is 2.76 bits per heavy atom. The molecule has 8 atom stereocenters. The second-order valence-electron chi connectivity index (χ2n) is 11.2. The van der Waals surface area contributed by atoms with E-state index in [9.17, 15) is 14.3 Å². The number of fused-ring (bicyclic) bond motifs is 6. The van der Waals surface area contributed by atoms with Gasteiger partial charge in [0.1, 0.15) is 29.4 Å². The lowest BCUT2D eigenvalue weighted by molar-refractivity contribution is -0.0432. The van der Waals surface area contributed by atoms with Crippen LogP contribution in [0.25, 0.3) is 28.1 Å². The third kappa shape index (κ3) is 5.08. The number of aromatic nitrogens is 9. The maximum atomic E-state index is 13.7. The Labute approximate surface area is 268 Å². The highest BCUT2D eigenvalue weighted by Crippen LogP contribution is 2.60. The number of ether oxygens (including phenoxy) is 1. The van der Waals surface area contributed by atoms with Crippen LogP contribution in [0.3, 0.4) is 0 Å². The van der Waals surface area contributed by atoms with E-state index < -0.39 is 37.9 Å². The normalized spacial score (nSPS) is 33.9. The highest BCUT2D eigenvalue weighted by Gasteiger charge is 2.49. The number of hydrogen-bond acceptors (Lipinski definition) is 14. The van der Waals surface area contributed by atoms with Crippen molar-refractivity contribution in [3.05, 3.63) is 54.1 Å². The summed E-state index contributed by atoms with van der Waals surface area (Å²) in [6, 6.07) is -0.286. The van der Waals surface area contributed by atoms with Crippen LogP contribution >= 0.6 is 25.8 Å². The van der Waals surface area contributed by atoms with Crippen LogP contribution < -0.4 is 11.3 Å². The first-order valence-corrected chi connectivity index (χ1v) is 19.3. The molecule has 22 heteroatoms. The molecule has 5 aromatic rings. The Morgan fingerprint density at radius 2 is 1.91 bits per heavy atom. The van der Waals surface area contributed by atoms with Crippen molar-refractivity contribution in [1.29, 1.82) is 0 Å². The number of hydrogen-bond donors (Lipinski definition) is 4. The summed E-state index contributed by atoms with van der Waals surface area (Å²) in [7, 11) is 0. The summed E-state index contributed by atoms with van der Waals surface area (Å²) < 4.78 is 47.9. The molecule has 8 rings (SSSR count). The van der Waals surface area contributed by atoms with E-state index in [1.54, 1.807) is 10.9 Å². The molecule has 2 unspecified atom stereocenters. The van der Waals surface area contributed by atoms with Gasteiger partial charge in [-0.15, -0.1) is 0 Å². The number of nitrogens with zero attached hydrogens (tertiary/aromatic N) is 8. The van der Waals surface area contributed by atoms with E-state index in [2.05, 4.69) is 48.7 Å². The Hall–Kier alpha value is -3.19. The standard InChI is InChI=1S/C24H26N10O8P2S2/c1-11-16-12(4-14(16)33-9-29-17-19(25)27-8-28-20(17)33)6-38-44(37,46)42-15-5-13(7-39-43(36,45)41-11)40-23(15)34-10-30-18-21(34)31-24-26-2-3-32(24)22(18)35/h2-3,8-10,12-16,23H,1,4-7H2,(H,26,31)(H,36,45)(H,37,46)(H2,25,27,28)/t12-,13+,14-,15-,16-,23-,43?,44?/m1/s1. The van der Waals surface area contributed by atoms with E-state index in [0.717, 1.165) is 0 Å².